The minimum Gasteiger partial charge on any atom is -0.479 e. The number of rotatable bonds is 7. The molecule has 0 aliphatic carbocycles. The van der Waals surface area contributed by atoms with E-state index in [0.717, 1.165) is 18.7 Å². The van der Waals surface area contributed by atoms with Crippen molar-refractivity contribution < 1.29 is 9.53 Å². The van der Waals surface area contributed by atoms with Crippen LogP contribution in [-0.4, -0.2) is 36.2 Å². The third kappa shape index (κ3) is 4.83. The number of benzene rings is 2. The van der Waals surface area contributed by atoms with Crippen LogP contribution in [-0.2, 0) is 0 Å². The lowest BCUT2D eigenvalue weighted by Gasteiger charge is -2.24. The molecule has 1 fully saturated rings. The van der Waals surface area contributed by atoms with Crippen molar-refractivity contribution in [2.45, 2.75) is 38.0 Å². The molecule has 0 spiro atoms. The van der Waals surface area contributed by atoms with Gasteiger partial charge >= 0.3 is 0 Å². The van der Waals surface area contributed by atoms with Crippen molar-refractivity contribution in [1.82, 2.24) is 15.5 Å². The molecule has 5 heteroatoms. The first-order chi connectivity index (χ1) is 15.2. The molecule has 1 aliphatic rings. The number of methoxy groups -OCH3 is 1. The summed E-state index contributed by atoms with van der Waals surface area (Å²) in [5.74, 6) is 0.856. The Kier molecular flexibility index (Phi) is 6.73. The van der Waals surface area contributed by atoms with Crippen LogP contribution < -0.4 is 10.1 Å². The zero-order chi connectivity index (χ0) is 21.6. The van der Waals surface area contributed by atoms with Crippen LogP contribution in [0.15, 0.2) is 60.8 Å². The van der Waals surface area contributed by atoms with Gasteiger partial charge in [-0.05, 0) is 67.1 Å². The summed E-state index contributed by atoms with van der Waals surface area (Å²) in [6.07, 6.45) is 4.23. The summed E-state index contributed by atoms with van der Waals surface area (Å²) in [5.41, 5.74) is 5.37. The number of carbonyl (C=O) groups excluding carboxylic acids is 1. The van der Waals surface area contributed by atoms with E-state index in [4.69, 9.17) is 4.74 Å². The molecule has 160 valence electrons. The average Bonchev–Trinajstić information content (AvgIpc) is 2.83. The molecular weight excluding hydrogens is 386 g/mol. The molecule has 2 aromatic carbocycles. The van der Waals surface area contributed by atoms with Crippen LogP contribution in [0, 0.1) is 6.92 Å². The summed E-state index contributed by atoms with van der Waals surface area (Å²) in [6, 6.07) is 18.9. The number of nitrogens with zero attached hydrogens (tertiary/aromatic N) is 2. The average molecular weight is 416 g/mol. The van der Waals surface area contributed by atoms with Gasteiger partial charge in [0.1, 0.15) is 0 Å². The highest BCUT2D eigenvalue weighted by molar-refractivity contribution is 5.98. The van der Waals surface area contributed by atoms with Gasteiger partial charge in [-0.2, -0.15) is 5.10 Å². The van der Waals surface area contributed by atoms with Gasteiger partial charge in [0.25, 0.3) is 0 Å². The summed E-state index contributed by atoms with van der Waals surface area (Å²) in [4.78, 5) is 13.3. The van der Waals surface area contributed by atoms with Crippen LogP contribution in [0.4, 0.5) is 0 Å². The predicted octanol–water partition coefficient (Wildman–Crippen LogP) is 4.67. The zero-order valence-electron chi connectivity index (χ0n) is 18.2. The monoisotopic (exact) mass is 415 g/mol. The van der Waals surface area contributed by atoms with Crippen molar-refractivity contribution in [1.29, 1.82) is 0 Å². The Morgan fingerprint density at radius 2 is 1.84 bits per heavy atom. The number of ketones is 1. The Bertz CT molecular complexity index is 1030. The SMILES string of the molecule is COc1nnccc1C(=O)CC(c1ccc(C2CCNCC2)cc1)c1ccccc1C. The number of carbonyl (C=O) groups is 1. The van der Waals surface area contributed by atoms with E-state index in [2.05, 4.69) is 58.8 Å². The van der Waals surface area contributed by atoms with Gasteiger partial charge in [0, 0.05) is 12.3 Å². The topological polar surface area (TPSA) is 64.1 Å². The highest BCUT2D eigenvalue weighted by Crippen LogP contribution is 2.34. The molecular formula is C26H29N3O2. The molecule has 1 N–H and O–H groups in total. The van der Waals surface area contributed by atoms with Gasteiger partial charge in [0.2, 0.25) is 5.88 Å². The maximum absolute atomic E-state index is 13.3. The summed E-state index contributed by atoms with van der Waals surface area (Å²) in [5, 5.41) is 11.2. The number of aromatic nitrogens is 2. The third-order valence-electron chi connectivity index (χ3n) is 6.28. The van der Waals surface area contributed by atoms with Gasteiger partial charge in [0.05, 0.1) is 18.9 Å². The van der Waals surface area contributed by atoms with Gasteiger partial charge in [0.15, 0.2) is 5.78 Å². The fourth-order valence-corrected chi connectivity index (χ4v) is 4.52. The summed E-state index contributed by atoms with van der Waals surface area (Å²) >= 11 is 0. The zero-order valence-corrected chi connectivity index (χ0v) is 18.2. The molecule has 31 heavy (non-hydrogen) atoms. The molecule has 0 amide bonds. The van der Waals surface area contributed by atoms with Gasteiger partial charge < -0.3 is 10.1 Å². The molecule has 3 aromatic rings. The number of nitrogens with one attached hydrogen (secondary N) is 1. The highest BCUT2D eigenvalue weighted by Gasteiger charge is 2.24. The number of ether oxygens (including phenoxy) is 1. The van der Waals surface area contributed by atoms with Crippen LogP contribution >= 0.6 is 0 Å². The smallest absolute Gasteiger partial charge is 0.244 e. The number of piperidine rings is 1. The van der Waals surface area contributed by atoms with E-state index in [0.29, 0.717) is 17.9 Å². The van der Waals surface area contributed by atoms with Crippen molar-refractivity contribution >= 4 is 5.78 Å². The van der Waals surface area contributed by atoms with Gasteiger partial charge in [-0.15, -0.1) is 5.10 Å². The highest BCUT2D eigenvalue weighted by atomic mass is 16.5. The first-order valence-electron chi connectivity index (χ1n) is 10.9. The van der Waals surface area contributed by atoms with E-state index in [1.807, 2.05) is 12.1 Å². The molecule has 1 aliphatic heterocycles. The molecule has 1 atom stereocenters. The Morgan fingerprint density at radius 1 is 1.10 bits per heavy atom. The van der Waals surface area contributed by atoms with Crippen molar-refractivity contribution in [3.63, 3.8) is 0 Å². The standard InChI is InChI=1S/C26H29N3O2/c1-18-5-3-4-6-22(18)24(17-25(30)23-13-16-28-29-26(23)31-2)21-9-7-19(8-10-21)20-11-14-27-15-12-20/h3-10,13,16,20,24,27H,11-12,14-15,17H2,1-2H3. The maximum atomic E-state index is 13.3. The lowest BCUT2D eigenvalue weighted by Crippen LogP contribution is -2.26. The molecule has 1 saturated heterocycles. The van der Waals surface area contributed by atoms with Crippen molar-refractivity contribution in [2.24, 2.45) is 0 Å². The Balaban J connectivity index is 1.65. The molecule has 5 nitrogen and oxygen atoms in total. The number of aryl methyl sites for hydroxylation is 1. The summed E-state index contributed by atoms with van der Waals surface area (Å²) in [7, 11) is 1.51. The fourth-order valence-electron chi connectivity index (χ4n) is 4.52. The minimum absolute atomic E-state index is 0.00225. The first-order valence-corrected chi connectivity index (χ1v) is 10.9. The Labute approximate surface area is 183 Å². The molecule has 0 bridgehead atoms. The Morgan fingerprint density at radius 3 is 2.55 bits per heavy atom. The second-order valence-electron chi connectivity index (χ2n) is 8.18. The number of hydrogen-bond acceptors (Lipinski definition) is 5. The molecule has 4 rings (SSSR count). The van der Waals surface area contributed by atoms with Crippen LogP contribution in [0.1, 0.15) is 63.7 Å². The lowest BCUT2D eigenvalue weighted by atomic mass is 9.82. The largest absolute Gasteiger partial charge is 0.479 e. The van der Waals surface area contributed by atoms with Gasteiger partial charge in [-0.25, -0.2) is 0 Å². The fraction of sp³-hybridized carbons (Fsp3) is 0.346. The van der Waals surface area contributed by atoms with E-state index in [1.54, 1.807) is 6.07 Å². The van der Waals surface area contributed by atoms with E-state index in [1.165, 1.54) is 42.8 Å². The van der Waals surface area contributed by atoms with E-state index in [-0.39, 0.29) is 17.6 Å². The van der Waals surface area contributed by atoms with Crippen LogP contribution in [0.5, 0.6) is 5.88 Å². The molecule has 0 saturated carbocycles. The summed E-state index contributed by atoms with van der Waals surface area (Å²) in [6.45, 7) is 4.26. The van der Waals surface area contributed by atoms with E-state index < -0.39 is 0 Å². The minimum atomic E-state index is -0.0337. The van der Waals surface area contributed by atoms with Crippen molar-refractivity contribution in [3.05, 3.63) is 88.6 Å². The van der Waals surface area contributed by atoms with Gasteiger partial charge in [-0.1, -0.05) is 48.5 Å². The van der Waals surface area contributed by atoms with E-state index in [9.17, 15) is 4.79 Å². The molecule has 0 radical (unpaired) electrons. The van der Waals surface area contributed by atoms with Crippen molar-refractivity contribution in [3.8, 4) is 5.88 Å². The lowest BCUT2D eigenvalue weighted by molar-refractivity contribution is 0.0973. The number of Topliss-reactive ketones (excluding diaryl/α,β-unsaturated/α-hetero) is 1. The molecule has 1 aromatic heterocycles. The predicted molar refractivity (Wildman–Crippen MR) is 122 cm³/mol. The second-order valence-corrected chi connectivity index (χ2v) is 8.18. The van der Waals surface area contributed by atoms with Gasteiger partial charge in [-0.3, -0.25) is 4.79 Å². The third-order valence-corrected chi connectivity index (χ3v) is 6.28. The first kappa shape index (κ1) is 21.2. The second kappa shape index (κ2) is 9.84. The molecule has 2 heterocycles. The normalized spacial score (nSPS) is 15.4. The van der Waals surface area contributed by atoms with Crippen molar-refractivity contribution in [2.75, 3.05) is 20.2 Å². The number of hydrogen-bond donors (Lipinski definition) is 1. The maximum Gasteiger partial charge on any atom is 0.244 e. The van der Waals surface area contributed by atoms with Crippen LogP contribution in [0.2, 0.25) is 0 Å². The van der Waals surface area contributed by atoms with Crippen LogP contribution in [0.3, 0.4) is 0 Å². The molecule has 1 unspecified atom stereocenters. The Hall–Kier alpha value is -3.05. The van der Waals surface area contributed by atoms with Crippen LogP contribution in [0.25, 0.3) is 0 Å². The quantitative estimate of drug-likeness (QED) is 0.569. The summed E-state index contributed by atoms with van der Waals surface area (Å²) < 4.78 is 5.27. The van der Waals surface area contributed by atoms with E-state index >= 15 is 0 Å².